The van der Waals surface area contributed by atoms with E-state index in [1.807, 2.05) is 7.05 Å². The summed E-state index contributed by atoms with van der Waals surface area (Å²) in [5, 5.41) is 6.10. The summed E-state index contributed by atoms with van der Waals surface area (Å²) in [7, 11) is 0.0369. The maximum Gasteiger partial charge on any atom is 0.406 e. The van der Waals surface area contributed by atoms with Gasteiger partial charge in [0.2, 0.25) is 0 Å². The number of hydrogen-bond donors (Lipinski definition) is 2. The van der Waals surface area contributed by atoms with Crippen molar-refractivity contribution in [1.29, 1.82) is 0 Å². The molecule has 1 fully saturated rings. The van der Waals surface area contributed by atoms with Crippen molar-refractivity contribution in [2.24, 2.45) is 5.92 Å². The molecule has 1 saturated heterocycles. The highest BCUT2D eigenvalue weighted by Gasteiger charge is 2.30. The van der Waals surface area contributed by atoms with Crippen molar-refractivity contribution in [1.82, 2.24) is 19.8 Å². The van der Waals surface area contributed by atoms with Crippen LogP contribution < -0.4 is 15.4 Å². The number of anilines is 1. The van der Waals surface area contributed by atoms with Crippen molar-refractivity contribution in [3.8, 4) is 17.6 Å². The number of aromatic nitrogens is 2. The number of imidazole rings is 1. The molecule has 0 unspecified atom stereocenters. The zero-order valence-corrected chi connectivity index (χ0v) is 24.7. The normalized spacial score (nSPS) is 18.2. The third-order valence-corrected chi connectivity index (χ3v) is 8.29. The molecule has 0 radical (unpaired) electrons. The van der Waals surface area contributed by atoms with Crippen LogP contribution in [0.5, 0.6) is 5.75 Å². The van der Waals surface area contributed by atoms with E-state index < -0.39 is 28.5 Å². The van der Waals surface area contributed by atoms with Crippen LogP contribution in [0.1, 0.15) is 35.7 Å². The minimum atomic E-state index is -4.48. The molecule has 1 amide bonds. The molecule has 3 aromatic rings. The van der Waals surface area contributed by atoms with Crippen molar-refractivity contribution in [2.75, 3.05) is 45.4 Å². The quantitative estimate of drug-likeness (QED) is 0.393. The van der Waals surface area contributed by atoms with E-state index in [0.29, 0.717) is 17.0 Å². The van der Waals surface area contributed by atoms with Gasteiger partial charge in [0.05, 0.1) is 41.6 Å². The molecule has 2 atom stereocenters. The molecule has 2 N–H and O–H groups in total. The molecule has 1 aliphatic rings. The number of benzene rings is 2. The summed E-state index contributed by atoms with van der Waals surface area (Å²) in [5.74, 6) is 6.00. The van der Waals surface area contributed by atoms with E-state index in [-0.39, 0.29) is 40.0 Å². The fraction of sp³-hybridized carbons (Fsp3) is 0.448. The van der Waals surface area contributed by atoms with Crippen molar-refractivity contribution < 1.29 is 31.1 Å². The van der Waals surface area contributed by atoms with Gasteiger partial charge in [-0.1, -0.05) is 18.8 Å². The van der Waals surface area contributed by atoms with Crippen LogP contribution in [0.15, 0.2) is 41.6 Å². The number of nitrogens with one attached hydrogen (secondary N) is 2. The standard InChI is InChI=1S/C29H34F3N5O4S/c1-19-16-36(2)12-6-8-23(19)35-28(38)22-13-20(14-25-27(22)34-18-37(25)17-29(30,31)32)7-5-11-33-24-15-21(42(4,39)40)9-10-26(24)41-3/h9-10,13-15,18-19,23,33H,6,8,11-12,16-17H2,1-4H3,(H,35,38)/t19-,23-/m1/s1. The summed E-state index contributed by atoms with van der Waals surface area (Å²) in [4.78, 5) is 20.0. The lowest BCUT2D eigenvalue weighted by Crippen LogP contribution is -2.41. The highest BCUT2D eigenvalue weighted by Crippen LogP contribution is 2.28. The number of carbonyl (C=O) groups is 1. The molecule has 13 heteroatoms. The van der Waals surface area contributed by atoms with Crippen LogP contribution in [0, 0.1) is 17.8 Å². The topological polar surface area (TPSA) is 106 Å². The minimum absolute atomic E-state index is 0.0675. The summed E-state index contributed by atoms with van der Waals surface area (Å²) in [6, 6.07) is 7.32. The molecule has 2 heterocycles. The molecule has 2 aromatic carbocycles. The van der Waals surface area contributed by atoms with Gasteiger partial charge in [-0.2, -0.15) is 13.2 Å². The number of methoxy groups -OCH3 is 1. The van der Waals surface area contributed by atoms with Crippen LogP contribution in [-0.2, 0) is 16.4 Å². The van der Waals surface area contributed by atoms with E-state index in [1.54, 1.807) is 0 Å². The number of rotatable bonds is 7. The molecule has 1 aromatic heterocycles. The average Bonchev–Trinajstić information content (AvgIpc) is 3.22. The monoisotopic (exact) mass is 605 g/mol. The van der Waals surface area contributed by atoms with Gasteiger partial charge < -0.3 is 24.8 Å². The zero-order chi connectivity index (χ0) is 30.7. The number of alkyl halides is 3. The number of fused-ring (bicyclic) bond motifs is 1. The second kappa shape index (κ2) is 12.6. The number of ether oxygens (including phenoxy) is 1. The van der Waals surface area contributed by atoms with Gasteiger partial charge >= 0.3 is 6.18 Å². The molecule has 1 aliphatic heterocycles. The lowest BCUT2D eigenvalue weighted by atomic mass is 9.98. The molecule has 0 saturated carbocycles. The fourth-order valence-electron chi connectivity index (χ4n) is 5.11. The summed E-state index contributed by atoms with van der Waals surface area (Å²) < 4.78 is 70.0. The van der Waals surface area contributed by atoms with Gasteiger partial charge in [-0.3, -0.25) is 4.79 Å². The molecule has 4 rings (SSSR count). The number of nitrogens with zero attached hydrogens (tertiary/aromatic N) is 3. The Labute approximate surface area is 243 Å². The number of sulfone groups is 1. The molecular weight excluding hydrogens is 571 g/mol. The Hall–Kier alpha value is -3.76. The zero-order valence-electron chi connectivity index (χ0n) is 23.9. The van der Waals surface area contributed by atoms with E-state index in [4.69, 9.17) is 4.74 Å². The Morgan fingerprint density at radius 1 is 1.24 bits per heavy atom. The largest absolute Gasteiger partial charge is 0.495 e. The van der Waals surface area contributed by atoms with Crippen LogP contribution in [0.2, 0.25) is 0 Å². The summed E-state index contributed by atoms with van der Waals surface area (Å²) >= 11 is 0. The van der Waals surface area contributed by atoms with Gasteiger partial charge in [-0.05, 0) is 62.7 Å². The third-order valence-electron chi connectivity index (χ3n) is 7.18. The van der Waals surface area contributed by atoms with E-state index in [2.05, 4.69) is 39.3 Å². The van der Waals surface area contributed by atoms with Crippen LogP contribution in [0.4, 0.5) is 18.9 Å². The van der Waals surface area contributed by atoms with Crippen LogP contribution >= 0.6 is 0 Å². The average molecular weight is 606 g/mol. The molecule has 0 bridgehead atoms. The summed E-state index contributed by atoms with van der Waals surface area (Å²) in [6.45, 7) is 2.61. The smallest absolute Gasteiger partial charge is 0.406 e. The van der Waals surface area contributed by atoms with Crippen molar-refractivity contribution in [3.63, 3.8) is 0 Å². The van der Waals surface area contributed by atoms with Gasteiger partial charge in [-0.15, -0.1) is 0 Å². The highest BCUT2D eigenvalue weighted by atomic mass is 32.2. The SMILES string of the molecule is COc1ccc(S(C)(=O)=O)cc1NCC#Cc1cc(C(=O)N[C@@H]2CCCN(C)C[C@H]2C)c2ncn(CC(F)(F)F)c2c1. The van der Waals surface area contributed by atoms with Gasteiger partial charge in [0.1, 0.15) is 17.8 Å². The second-order valence-electron chi connectivity index (χ2n) is 10.6. The maximum absolute atomic E-state index is 13.5. The Morgan fingerprint density at radius 3 is 2.69 bits per heavy atom. The summed E-state index contributed by atoms with van der Waals surface area (Å²) in [5.41, 5.74) is 1.22. The number of halogens is 3. The number of likely N-dealkylation sites (tertiary alicyclic amines) is 1. The van der Waals surface area contributed by atoms with Crippen molar-refractivity contribution in [2.45, 2.75) is 43.4 Å². The molecule has 0 spiro atoms. The molecule has 9 nitrogen and oxygen atoms in total. The second-order valence-corrected chi connectivity index (χ2v) is 12.6. The molecule has 42 heavy (non-hydrogen) atoms. The fourth-order valence-corrected chi connectivity index (χ4v) is 5.75. The van der Waals surface area contributed by atoms with E-state index in [0.717, 1.165) is 43.1 Å². The van der Waals surface area contributed by atoms with Crippen LogP contribution in [-0.4, -0.2) is 81.0 Å². The summed E-state index contributed by atoms with van der Waals surface area (Å²) in [6.07, 6.45) is -0.600. The van der Waals surface area contributed by atoms with Crippen LogP contribution in [0.3, 0.4) is 0 Å². The molecular formula is C29H34F3N5O4S. The van der Waals surface area contributed by atoms with Gasteiger partial charge in [0.25, 0.3) is 5.91 Å². The lowest BCUT2D eigenvalue weighted by Gasteiger charge is -2.24. The van der Waals surface area contributed by atoms with Gasteiger partial charge in [0, 0.05) is 24.4 Å². The number of amides is 1. The van der Waals surface area contributed by atoms with Crippen LogP contribution in [0.25, 0.3) is 11.0 Å². The highest BCUT2D eigenvalue weighted by molar-refractivity contribution is 7.90. The van der Waals surface area contributed by atoms with E-state index in [1.165, 1.54) is 37.4 Å². The van der Waals surface area contributed by atoms with Crippen molar-refractivity contribution in [3.05, 3.63) is 47.8 Å². The maximum atomic E-state index is 13.5. The van der Waals surface area contributed by atoms with E-state index in [9.17, 15) is 26.4 Å². The van der Waals surface area contributed by atoms with Gasteiger partial charge in [0.15, 0.2) is 9.84 Å². The first kappa shape index (κ1) is 31.2. The first-order chi connectivity index (χ1) is 19.7. The Balaban J connectivity index is 1.64. The first-order valence-corrected chi connectivity index (χ1v) is 15.3. The molecule has 226 valence electrons. The first-order valence-electron chi connectivity index (χ1n) is 13.4. The number of carbonyl (C=O) groups excluding carboxylic acids is 1. The number of hydrogen-bond acceptors (Lipinski definition) is 7. The Kier molecular flexibility index (Phi) is 9.37. The van der Waals surface area contributed by atoms with Crippen molar-refractivity contribution >= 4 is 32.5 Å². The predicted octanol–water partition coefficient (Wildman–Crippen LogP) is 3.93. The van der Waals surface area contributed by atoms with Gasteiger partial charge in [-0.25, -0.2) is 13.4 Å². The van der Waals surface area contributed by atoms with E-state index >= 15 is 0 Å². The minimum Gasteiger partial charge on any atom is -0.495 e. The Bertz CT molecular complexity index is 1630. The lowest BCUT2D eigenvalue weighted by molar-refractivity contribution is -0.139. The Morgan fingerprint density at radius 2 is 2.00 bits per heavy atom. The third kappa shape index (κ3) is 7.74. The molecule has 0 aliphatic carbocycles. The predicted molar refractivity (Wildman–Crippen MR) is 154 cm³/mol.